The molecule has 3 heterocycles. The average Bonchev–Trinajstić information content (AvgIpc) is 2.86. The summed E-state index contributed by atoms with van der Waals surface area (Å²) in [6.45, 7) is 0. The third kappa shape index (κ3) is 1.70. The van der Waals surface area contributed by atoms with Crippen molar-refractivity contribution >= 4 is 11.8 Å². The van der Waals surface area contributed by atoms with Crippen molar-refractivity contribution in [3.05, 3.63) is 17.7 Å². The highest BCUT2D eigenvalue weighted by atomic mass is 32.2. The van der Waals surface area contributed by atoms with Crippen molar-refractivity contribution in [1.29, 1.82) is 0 Å². The van der Waals surface area contributed by atoms with Gasteiger partial charge in [0.15, 0.2) is 0 Å². The second-order valence-corrected chi connectivity index (χ2v) is 5.66. The summed E-state index contributed by atoms with van der Waals surface area (Å²) in [4.78, 5) is 4.75. The van der Waals surface area contributed by atoms with E-state index in [9.17, 15) is 0 Å². The Morgan fingerprint density at radius 1 is 1.47 bits per heavy atom. The van der Waals surface area contributed by atoms with Crippen LogP contribution in [0.25, 0.3) is 0 Å². The molecule has 0 aliphatic carbocycles. The fourth-order valence-electron chi connectivity index (χ4n) is 2.50. The van der Waals surface area contributed by atoms with Crippen molar-refractivity contribution < 1.29 is 0 Å². The number of hydrogen-bond donors (Lipinski definition) is 1. The monoisotopic (exact) mass is 223 g/mol. The molecule has 0 saturated carbocycles. The van der Waals surface area contributed by atoms with Gasteiger partial charge in [-0.25, -0.2) is 4.98 Å². The molecule has 1 saturated heterocycles. The van der Waals surface area contributed by atoms with Gasteiger partial charge in [-0.2, -0.15) is 11.8 Å². The van der Waals surface area contributed by atoms with Gasteiger partial charge in [0.1, 0.15) is 5.82 Å². The van der Waals surface area contributed by atoms with Crippen molar-refractivity contribution in [2.24, 2.45) is 5.73 Å². The maximum atomic E-state index is 6.08. The highest BCUT2D eigenvalue weighted by Crippen LogP contribution is 2.33. The largest absolute Gasteiger partial charge is 0.319 e. The molecule has 1 aromatic rings. The molecule has 3 nitrogen and oxygen atoms in total. The lowest BCUT2D eigenvalue weighted by Gasteiger charge is -2.20. The van der Waals surface area contributed by atoms with Gasteiger partial charge >= 0.3 is 0 Å². The molecule has 15 heavy (non-hydrogen) atoms. The molecule has 2 N–H and O–H groups in total. The zero-order valence-corrected chi connectivity index (χ0v) is 9.67. The second-order valence-electron chi connectivity index (χ2n) is 4.51. The van der Waals surface area contributed by atoms with Gasteiger partial charge in [0.25, 0.3) is 0 Å². The molecular formula is C11H17N3S. The Bertz CT molecular complexity index is 355. The molecular weight excluding hydrogens is 206 g/mol. The fourth-order valence-corrected chi connectivity index (χ4v) is 3.74. The molecule has 1 aromatic heterocycles. The number of hydrogen-bond acceptors (Lipinski definition) is 3. The van der Waals surface area contributed by atoms with E-state index in [1.165, 1.54) is 35.9 Å². The predicted octanol–water partition coefficient (Wildman–Crippen LogP) is 1.90. The first-order chi connectivity index (χ1) is 7.34. The SMILES string of the molecule is NC1CCCc2nc(C3CCSC3)cn21. The number of imidazole rings is 1. The molecule has 2 aliphatic heterocycles. The van der Waals surface area contributed by atoms with Crippen LogP contribution in [0.15, 0.2) is 6.20 Å². The summed E-state index contributed by atoms with van der Waals surface area (Å²) < 4.78 is 2.20. The predicted molar refractivity (Wildman–Crippen MR) is 63.1 cm³/mol. The van der Waals surface area contributed by atoms with Crippen LogP contribution in [0.2, 0.25) is 0 Å². The van der Waals surface area contributed by atoms with Gasteiger partial charge in [-0.15, -0.1) is 0 Å². The van der Waals surface area contributed by atoms with Crippen LogP contribution in [-0.4, -0.2) is 21.1 Å². The van der Waals surface area contributed by atoms with Crippen LogP contribution in [0.5, 0.6) is 0 Å². The summed E-state index contributed by atoms with van der Waals surface area (Å²) in [5.41, 5.74) is 7.36. The molecule has 2 unspecified atom stereocenters. The summed E-state index contributed by atoms with van der Waals surface area (Å²) >= 11 is 2.04. The topological polar surface area (TPSA) is 43.8 Å². The molecule has 0 amide bonds. The molecule has 0 aromatic carbocycles. The van der Waals surface area contributed by atoms with Gasteiger partial charge in [-0.3, -0.25) is 0 Å². The lowest BCUT2D eigenvalue weighted by molar-refractivity contribution is 0.408. The van der Waals surface area contributed by atoms with Crippen molar-refractivity contribution in [3.63, 3.8) is 0 Å². The number of aromatic nitrogens is 2. The number of rotatable bonds is 1. The van der Waals surface area contributed by atoms with Crippen LogP contribution in [0.4, 0.5) is 0 Å². The minimum Gasteiger partial charge on any atom is -0.319 e. The lowest BCUT2D eigenvalue weighted by Crippen LogP contribution is -2.24. The molecule has 4 heteroatoms. The third-order valence-electron chi connectivity index (χ3n) is 3.43. The van der Waals surface area contributed by atoms with Gasteiger partial charge in [0.05, 0.1) is 11.9 Å². The molecule has 0 spiro atoms. The maximum absolute atomic E-state index is 6.08. The van der Waals surface area contributed by atoms with E-state index in [0.717, 1.165) is 12.8 Å². The van der Waals surface area contributed by atoms with Crippen molar-refractivity contribution in [2.75, 3.05) is 11.5 Å². The first-order valence-corrected chi connectivity index (χ1v) is 6.91. The molecule has 0 radical (unpaired) electrons. The van der Waals surface area contributed by atoms with E-state index in [2.05, 4.69) is 10.8 Å². The Hall–Kier alpha value is -0.480. The van der Waals surface area contributed by atoms with E-state index in [-0.39, 0.29) is 6.17 Å². The quantitative estimate of drug-likeness (QED) is 0.791. The van der Waals surface area contributed by atoms with Crippen molar-refractivity contribution in [3.8, 4) is 0 Å². The summed E-state index contributed by atoms with van der Waals surface area (Å²) in [5.74, 6) is 4.42. The first kappa shape index (κ1) is 9.73. The second kappa shape index (κ2) is 3.83. The van der Waals surface area contributed by atoms with Crippen LogP contribution in [0.3, 0.4) is 0 Å². The fraction of sp³-hybridized carbons (Fsp3) is 0.727. The van der Waals surface area contributed by atoms with Crippen LogP contribution in [0.1, 0.15) is 42.9 Å². The Kier molecular flexibility index (Phi) is 2.48. The van der Waals surface area contributed by atoms with E-state index >= 15 is 0 Å². The molecule has 1 fully saturated rings. The Balaban J connectivity index is 1.90. The van der Waals surface area contributed by atoms with Gasteiger partial charge in [-0.05, 0) is 25.0 Å². The number of aryl methyl sites for hydroxylation is 1. The summed E-state index contributed by atoms with van der Waals surface area (Å²) in [7, 11) is 0. The van der Waals surface area contributed by atoms with Gasteiger partial charge in [0.2, 0.25) is 0 Å². The highest BCUT2D eigenvalue weighted by Gasteiger charge is 2.24. The molecule has 2 atom stereocenters. The van der Waals surface area contributed by atoms with Crippen LogP contribution >= 0.6 is 11.8 Å². The van der Waals surface area contributed by atoms with Crippen molar-refractivity contribution in [1.82, 2.24) is 9.55 Å². The number of nitrogens with zero attached hydrogens (tertiary/aromatic N) is 2. The van der Waals surface area contributed by atoms with Gasteiger partial charge < -0.3 is 10.3 Å². The summed E-state index contributed by atoms with van der Waals surface area (Å²) in [5, 5.41) is 0. The Morgan fingerprint density at radius 2 is 2.40 bits per heavy atom. The van der Waals surface area contributed by atoms with Crippen LogP contribution in [0, 0.1) is 0 Å². The number of thioether (sulfide) groups is 1. The molecule has 82 valence electrons. The van der Waals surface area contributed by atoms with E-state index in [4.69, 9.17) is 10.7 Å². The zero-order chi connectivity index (χ0) is 10.3. The van der Waals surface area contributed by atoms with E-state index < -0.39 is 0 Å². The van der Waals surface area contributed by atoms with Crippen LogP contribution < -0.4 is 5.73 Å². The summed E-state index contributed by atoms with van der Waals surface area (Å²) in [6, 6.07) is 0. The normalized spacial score (nSPS) is 30.5. The molecule has 3 rings (SSSR count). The maximum Gasteiger partial charge on any atom is 0.110 e. The standard InChI is InChI=1S/C11H17N3S/c12-10-2-1-3-11-13-9(6-14(10)11)8-4-5-15-7-8/h6,8,10H,1-5,7,12H2. The van der Waals surface area contributed by atoms with E-state index in [1.54, 1.807) is 0 Å². The Labute approximate surface area is 94.4 Å². The lowest BCUT2D eigenvalue weighted by atomic mass is 10.1. The number of fused-ring (bicyclic) bond motifs is 1. The third-order valence-corrected chi connectivity index (χ3v) is 4.60. The highest BCUT2D eigenvalue weighted by molar-refractivity contribution is 7.99. The molecule has 0 bridgehead atoms. The Morgan fingerprint density at radius 3 is 3.13 bits per heavy atom. The molecule has 2 aliphatic rings. The van der Waals surface area contributed by atoms with Gasteiger partial charge in [-0.1, -0.05) is 0 Å². The smallest absolute Gasteiger partial charge is 0.110 e. The van der Waals surface area contributed by atoms with Crippen molar-refractivity contribution in [2.45, 2.75) is 37.8 Å². The minimum atomic E-state index is 0.170. The average molecular weight is 223 g/mol. The zero-order valence-electron chi connectivity index (χ0n) is 8.85. The minimum absolute atomic E-state index is 0.170. The summed E-state index contributed by atoms with van der Waals surface area (Å²) in [6.07, 6.45) is 7.06. The van der Waals surface area contributed by atoms with Crippen LogP contribution in [-0.2, 0) is 6.42 Å². The van der Waals surface area contributed by atoms with E-state index in [1.807, 2.05) is 11.8 Å². The van der Waals surface area contributed by atoms with Gasteiger partial charge in [0, 0.05) is 24.3 Å². The first-order valence-electron chi connectivity index (χ1n) is 5.75. The van der Waals surface area contributed by atoms with E-state index in [0.29, 0.717) is 5.92 Å². The number of nitrogens with two attached hydrogens (primary N) is 1.